The second-order valence-corrected chi connectivity index (χ2v) is 11.9. The number of carbonyl (C=O) groups excluding carboxylic acids is 1. The quantitative estimate of drug-likeness (QED) is 0.569. The maximum atomic E-state index is 13.3. The number of sulfone groups is 1. The molecule has 30 heavy (non-hydrogen) atoms. The second kappa shape index (κ2) is 9.09. The molecule has 1 aromatic heterocycles. The summed E-state index contributed by atoms with van der Waals surface area (Å²) in [6, 6.07) is 5.67. The number of thioether (sulfide) groups is 1. The van der Waals surface area contributed by atoms with Crippen LogP contribution in [0.5, 0.6) is 0 Å². The summed E-state index contributed by atoms with van der Waals surface area (Å²) in [6.45, 7) is 2.94. The lowest BCUT2D eigenvalue weighted by atomic mass is 10.1. The lowest BCUT2D eigenvalue weighted by molar-refractivity contribution is -0.132. The predicted octanol–water partition coefficient (Wildman–Crippen LogP) is 4.15. The van der Waals surface area contributed by atoms with Crippen molar-refractivity contribution in [3.05, 3.63) is 23.2 Å². The van der Waals surface area contributed by atoms with E-state index in [1.807, 2.05) is 23.1 Å². The van der Waals surface area contributed by atoms with Crippen LogP contribution in [0.1, 0.15) is 45.4 Å². The van der Waals surface area contributed by atoms with Crippen LogP contribution in [0.3, 0.4) is 0 Å². The number of carbonyl (C=O) groups is 1. The number of halogens is 1. The average molecular weight is 470 g/mol. The minimum absolute atomic E-state index is 0.0298. The molecule has 164 valence electrons. The van der Waals surface area contributed by atoms with Crippen LogP contribution in [0.25, 0.3) is 11.0 Å². The Morgan fingerprint density at radius 3 is 2.70 bits per heavy atom. The molecule has 0 spiro atoms. The topological polar surface area (TPSA) is 72.3 Å². The van der Waals surface area contributed by atoms with Crippen molar-refractivity contribution in [3.63, 3.8) is 0 Å². The molecule has 4 rings (SSSR count). The van der Waals surface area contributed by atoms with Crippen molar-refractivity contribution in [1.82, 2.24) is 14.5 Å². The van der Waals surface area contributed by atoms with Gasteiger partial charge in [-0.25, -0.2) is 13.4 Å². The van der Waals surface area contributed by atoms with Crippen LogP contribution in [0.4, 0.5) is 0 Å². The third-order valence-corrected chi connectivity index (χ3v) is 9.00. The largest absolute Gasteiger partial charge is 0.335 e. The van der Waals surface area contributed by atoms with Gasteiger partial charge in [0.2, 0.25) is 5.91 Å². The van der Waals surface area contributed by atoms with Crippen LogP contribution in [0.15, 0.2) is 23.4 Å². The van der Waals surface area contributed by atoms with Crippen LogP contribution in [-0.2, 0) is 21.2 Å². The first-order valence-electron chi connectivity index (χ1n) is 10.7. The number of aryl methyl sites for hydroxylation is 1. The maximum absolute atomic E-state index is 13.3. The molecule has 1 unspecified atom stereocenters. The van der Waals surface area contributed by atoms with E-state index < -0.39 is 9.84 Å². The lowest BCUT2D eigenvalue weighted by Crippen LogP contribution is -2.47. The summed E-state index contributed by atoms with van der Waals surface area (Å²) in [5, 5.41) is 1.46. The summed E-state index contributed by atoms with van der Waals surface area (Å²) >= 11 is 7.57. The highest BCUT2D eigenvalue weighted by atomic mass is 35.5. The molecule has 2 heterocycles. The fraction of sp³-hybridized carbons (Fsp3) is 0.619. The Bertz CT molecular complexity index is 1030. The fourth-order valence-corrected chi connectivity index (χ4v) is 7.50. The molecule has 1 aliphatic carbocycles. The van der Waals surface area contributed by atoms with Gasteiger partial charge in [0, 0.05) is 23.7 Å². The minimum Gasteiger partial charge on any atom is -0.335 e. The van der Waals surface area contributed by atoms with Gasteiger partial charge in [0.05, 0.1) is 28.3 Å². The Morgan fingerprint density at radius 2 is 2.03 bits per heavy atom. The molecule has 1 amide bonds. The standard InChI is InChI=1S/C21H28ClN3O3S2/c1-2-10-24-19-8-7-15(22)12-18(19)23-21(24)29-13-20(26)25(16-5-3-4-6-16)17-9-11-30(27,28)14-17/h7-8,12,16-17H,2-6,9-11,13-14H2,1H3. The van der Waals surface area contributed by atoms with Gasteiger partial charge in [-0.15, -0.1) is 0 Å². The van der Waals surface area contributed by atoms with Gasteiger partial charge in [0.25, 0.3) is 0 Å². The molecule has 9 heteroatoms. The summed E-state index contributed by atoms with van der Waals surface area (Å²) in [5.74, 6) is 0.594. The molecule has 2 aromatic rings. The van der Waals surface area contributed by atoms with Crippen LogP contribution < -0.4 is 0 Å². The van der Waals surface area contributed by atoms with E-state index in [-0.39, 0.29) is 35.2 Å². The summed E-state index contributed by atoms with van der Waals surface area (Å²) in [6.07, 6.45) is 5.67. The normalized spacial score (nSPS) is 21.5. The number of hydrogen-bond donors (Lipinski definition) is 0. The number of benzene rings is 1. The number of rotatable bonds is 7. The monoisotopic (exact) mass is 469 g/mol. The van der Waals surface area contributed by atoms with Crippen molar-refractivity contribution in [2.75, 3.05) is 17.3 Å². The number of amides is 1. The van der Waals surface area contributed by atoms with Crippen molar-refractivity contribution in [2.24, 2.45) is 0 Å². The van der Waals surface area contributed by atoms with Crippen LogP contribution in [0, 0.1) is 0 Å². The summed E-state index contributed by atoms with van der Waals surface area (Å²) < 4.78 is 26.2. The molecule has 1 saturated carbocycles. The summed E-state index contributed by atoms with van der Waals surface area (Å²) in [5.41, 5.74) is 1.85. The number of aromatic nitrogens is 2. The van der Waals surface area contributed by atoms with Gasteiger partial charge in [0.1, 0.15) is 0 Å². The van der Waals surface area contributed by atoms with Gasteiger partial charge in [-0.3, -0.25) is 4.79 Å². The molecular formula is C21H28ClN3O3S2. The van der Waals surface area contributed by atoms with E-state index in [2.05, 4.69) is 11.5 Å². The van der Waals surface area contributed by atoms with Gasteiger partial charge >= 0.3 is 0 Å². The zero-order valence-corrected chi connectivity index (χ0v) is 19.6. The third-order valence-electron chi connectivity index (χ3n) is 6.06. The smallest absolute Gasteiger partial charge is 0.233 e. The number of hydrogen-bond acceptors (Lipinski definition) is 5. The minimum atomic E-state index is -3.04. The van der Waals surface area contributed by atoms with Crippen LogP contribution >= 0.6 is 23.4 Å². The number of nitrogens with zero attached hydrogens (tertiary/aromatic N) is 3. The zero-order chi connectivity index (χ0) is 21.3. The van der Waals surface area contributed by atoms with Crippen molar-refractivity contribution in [1.29, 1.82) is 0 Å². The Hall–Kier alpha value is -1.25. The van der Waals surface area contributed by atoms with Crippen LogP contribution in [0.2, 0.25) is 5.02 Å². The van der Waals surface area contributed by atoms with Gasteiger partial charge in [-0.2, -0.15) is 0 Å². The van der Waals surface area contributed by atoms with E-state index in [4.69, 9.17) is 16.6 Å². The van der Waals surface area contributed by atoms with Gasteiger partial charge in [0.15, 0.2) is 15.0 Å². The first-order chi connectivity index (χ1) is 14.4. The first-order valence-corrected chi connectivity index (χ1v) is 13.9. The molecule has 0 bridgehead atoms. The van der Waals surface area contributed by atoms with Gasteiger partial charge in [-0.05, 0) is 43.9 Å². The Morgan fingerprint density at radius 1 is 1.27 bits per heavy atom. The Balaban J connectivity index is 1.54. The molecular weight excluding hydrogens is 442 g/mol. The summed E-state index contributed by atoms with van der Waals surface area (Å²) in [4.78, 5) is 19.9. The average Bonchev–Trinajstić information content (AvgIpc) is 3.41. The van der Waals surface area contributed by atoms with Gasteiger partial charge < -0.3 is 9.47 Å². The maximum Gasteiger partial charge on any atom is 0.233 e. The molecule has 2 fully saturated rings. The molecule has 0 radical (unpaired) electrons. The van der Waals surface area contributed by atoms with Crippen molar-refractivity contribution in [2.45, 2.75) is 69.2 Å². The molecule has 1 aromatic carbocycles. The van der Waals surface area contributed by atoms with E-state index in [0.717, 1.165) is 54.8 Å². The van der Waals surface area contributed by atoms with Crippen LogP contribution in [-0.4, -0.2) is 58.1 Å². The second-order valence-electron chi connectivity index (χ2n) is 8.26. The molecule has 1 atom stereocenters. The summed E-state index contributed by atoms with van der Waals surface area (Å²) in [7, 11) is -3.04. The highest BCUT2D eigenvalue weighted by Crippen LogP contribution is 2.31. The lowest BCUT2D eigenvalue weighted by Gasteiger charge is -2.34. The van der Waals surface area contributed by atoms with E-state index >= 15 is 0 Å². The SMILES string of the molecule is CCCn1c(SCC(=O)N(C2CCCC2)C2CCS(=O)(=O)C2)nc2cc(Cl)ccc21. The van der Waals surface area contributed by atoms with E-state index in [0.29, 0.717) is 11.4 Å². The van der Waals surface area contributed by atoms with Crippen molar-refractivity contribution >= 4 is 50.1 Å². The first kappa shape index (κ1) is 22.0. The van der Waals surface area contributed by atoms with Crippen molar-refractivity contribution < 1.29 is 13.2 Å². The highest BCUT2D eigenvalue weighted by molar-refractivity contribution is 7.99. The molecule has 0 N–H and O–H groups in total. The zero-order valence-electron chi connectivity index (χ0n) is 17.2. The highest BCUT2D eigenvalue weighted by Gasteiger charge is 2.39. The van der Waals surface area contributed by atoms with E-state index in [9.17, 15) is 13.2 Å². The molecule has 2 aliphatic rings. The van der Waals surface area contributed by atoms with E-state index in [1.165, 1.54) is 11.8 Å². The molecule has 1 saturated heterocycles. The van der Waals surface area contributed by atoms with Crippen molar-refractivity contribution in [3.8, 4) is 0 Å². The molecule has 1 aliphatic heterocycles. The number of imidazole rings is 1. The Kier molecular flexibility index (Phi) is 6.65. The fourth-order valence-electron chi connectivity index (χ4n) is 4.71. The predicted molar refractivity (Wildman–Crippen MR) is 122 cm³/mol. The Labute approximate surface area is 187 Å². The van der Waals surface area contributed by atoms with Gasteiger partial charge in [-0.1, -0.05) is 43.1 Å². The third kappa shape index (κ3) is 4.65. The van der Waals surface area contributed by atoms with E-state index in [1.54, 1.807) is 0 Å². The molecule has 6 nitrogen and oxygen atoms in total. The number of fused-ring (bicyclic) bond motifs is 1.